The molecule has 0 unspecified atom stereocenters. The first kappa shape index (κ1) is 10.9. The topological polar surface area (TPSA) is 49.2 Å². The van der Waals surface area contributed by atoms with E-state index >= 15 is 0 Å². The van der Waals surface area contributed by atoms with Crippen LogP contribution in [0.3, 0.4) is 0 Å². The van der Waals surface area contributed by atoms with Gasteiger partial charge in [-0.1, -0.05) is 24.3 Å². The van der Waals surface area contributed by atoms with Crippen LogP contribution in [0.5, 0.6) is 11.5 Å². The zero-order valence-corrected chi connectivity index (χ0v) is 11.1. The minimum Gasteiger partial charge on any atom is -0.454 e. The maximum atomic E-state index is 5.41. The third kappa shape index (κ3) is 1.51. The first-order chi connectivity index (χ1) is 10.4. The minimum absolute atomic E-state index is 0.277. The molecular formula is C16H11N3O2. The molecule has 3 heterocycles. The van der Waals surface area contributed by atoms with Crippen LogP contribution < -0.4 is 9.47 Å². The number of hydrogen-bond donors (Lipinski definition) is 0. The highest BCUT2D eigenvalue weighted by Crippen LogP contribution is 2.36. The van der Waals surface area contributed by atoms with Crippen LogP contribution in [0.4, 0.5) is 0 Å². The molecule has 0 radical (unpaired) electrons. The van der Waals surface area contributed by atoms with E-state index in [0.717, 1.165) is 40.8 Å². The van der Waals surface area contributed by atoms with Crippen molar-refractivity contribution >= 4 is 0 Å². The number of fused-ring (bicyclic) bond motifs is 4. The second-order valence-electron chi connectivity index (χ2n) is 5.14. The molecule has 0 saturated heterocycles. The fourth-order valence-electron chi connectivity index (χ4n) is 2.85. The number of hydrogen-bond acceptors (Lipinski definition) is 4. The molecule has 5 heteroatoms. The maximum Gasteiger partial charge on any atom is 0.231 e. The van der Waals surface area contributed by atoms with E-state index in [-0.39, 0.29) is 6.79 Å². The summed E-state index contributed by atoms with van der Waals surface area (Å²) in [6, 6.07) is 14.1. The number of rotatable bonds is 1. The second kappa shape index (κ2) is 3.85. The summed E-state index contributed by atoms with van der Waals surface area (Å²) in [6.45, 7) is 1.06. The third-order valence-corrected chi connectivity index (χ3v) is 3.88. The normalized spacial score (nSPS) is 14.1. The molecule has 2 aliphatic heterocycles. The molecule has 0 saturated carbocycles. The summed E-state index contributed by atoms with van der Waals surface area (Å²) in [4.78, 5) is 4.68. The number of aromatic nitrogens is 3. The van der Waals surface area contributed by atoms with Crippen molar-refractivity contribution in [2.45, 2.75) is 6.54 Å². The summed E-state index contributed by atoms with van der Waals surface area (Å²) >= 11 is 0. The van der Waals surface area contributed by atoms with Gasteiger partial charge < -0.3 is 9.47 Å². The van der Waals surface area contributed by atoms with Crippen molar-refractivity contribution < 1.29 is 9.47 Å². The third-order valence-electron chi connectivity index (χ3n) is 3.88. The smallest absolute Gasteiger partial charge is 0.231 e. The fraction of sp³-hybridized carbons (Fsp3) is 0.125. The van der Waals surface area contributed by atoms with Gasteiger partial charge in [-0.25, -0.2) is 9.67 Å². The van der Waals surface area contributed by atoms with Gasteiger partial charge in [-0.15, -0.1) is 0 Å². The molecule has 0 bridgehead atoms. The Balaban J connectivity index is 1.61. The molecular weight excluding hydrogens is 266 g/mol. The van der Waals surface area contributed by atoms with Crippen molar-refractivity contribution in [1.82, 2.24) is 14.8 Å². The molecule has 0 N–H and O–H groups in total. The molecule has 0 aliphatic carbocycles. The van der Waals surface area contributed by atoms with Crippen molar-refractivity contribution in [3.8, 4) is 34.3 Å². The molecule has 0 spiro atoms. The highest BCUT2D eigenvalue weighted by Gasteiger charge is 2.23. The molecule has 0 atom stereocenters. The summed E-state index contributed by atoms with van der Waals surface area (Å²) in [5.74, 6) is 3.18. The van der Waals surface area contributed by atoms with Crippen LogP contribution in [-0.2, 0) is 6.54 Å². The summed E-state index contributed by atoms with van der Waals surface area (Å²) in [7, 11) is 0. The Bertz CT molecular complexity index is 870. The summed E-state index contributed by atoms with van der Waals surface area (Å²) < 4.78 is 12.7. The zero-order valence-electron chi connectivity index (χ0n) is 11.1. The van der Waals surface area contributed by atoms with Crippen molar-refractivity contribution in [3.63, 3.8) is 0 Å². The zero-order chi connectivity index (χ0) is 13.8. The van der Waals surface area contributed by atoms with E-state index in [0.29, 0.717) is 0 Å². The quantitative estimate of drug-likeness (QED) is 0.537. The number of ether oxygens (including phenoxy) is 2. The Morgan fingerprint density at radius 2 is 1.90 bits per heavy atom. The van der Waals surface area contributed by atoms with Crippen LogP contribution >= 0.6 is 0 Å². The summed E-state index contributed by atoms with van der Waals surface area (Å²) in [6.07, 6.45) is 0. The molecule has 21 heavy (non-hydrogen) atoms. The van der Waals surface area contributed by atoms with Crippen molar-refractivity contribution in [3.05, 3.63) is 48.0 Å². The Hall–Kier alpha value is -2.82. The Morgan fingerprint density at radius 3 is 2.90 bits per heavy atom. The van der Waals surface area contributed by atoms with Gasteiger partial charge in [0.1, 0.15) is 0 Å². The molecule has 2 aliphatic rings. The van der Waals surface area contributed by atoms with Gasteiger partial charge in [0, 0.05) is 11.1 Å². The highest BCUT2D eigenvalue weighted by molar-refractivity contribution is 5.68. The molecule has 0 amide bonds. The van der Waals surface area contributed by atoms with E-state index in [4.69, 9.17) is 9.47 Å². The summed E-state index contributed by atoms with van der Waals surface area (Å²) in [5.41, 5.74) is 3.38. The van der Waals surface area contributed by atoms with Crippen LogP contribution in [0.2, 0.25) is 0 Å². The standard InChI is InChI=1S/C16H11N3O2/c1-2-4-12-11(3-1)8-19-16(12)17-15(18-19)10-5-6-13-14(7-10)21-9-20-13/h1-7H,8-9H2. The predicted molar refractivity (Wildman–Crippen MR) is 76.1 cm³/mol. The molecule has 0 fully saturated rings. The van der Waals surface area contributed by atoms with Crippen molar-refractivity contribution in [1.29, 1.82) is 0 Å². The molecule has 1 aromatic heterocycles. The lowest BCUT2D eigenvalue weighted by Gasteiger charge is -1.99. The van der Waals surface area contributed by atoms with Crippen LogP contribution in [-0.4, -0.2) is 21.6 Å². The van der Waals surface area contributed by atoms with Gasteiger partial charge in [0.15, 0.2) is 23.1 Å². The molecule has 5 nitrogen and oxygen atoms in total. The van der Waals surface area contributed by atoms with E-state index in [1.54, 1.807) is 0 Å². The van der Waals surface area contributed by atoms with Crippen LogP contribution in [0.1, 0.15) is 5.56 Å². The molecule has 102 valence electrons. The summed E-state index contributed by atoms with van der Waals surface area (Å²) in [5, 5.41) is 4.61. The van der Waals surface area contributed by atoms with Gasteiger partial charge in [-0.05, 0) is 23.8 Å². The lowest BCUT2D eigenvalue weighted by molar-refractivity contribution is 0.174. The van der Waals surface area contributed by atoms with Crippen molar-refractivity contribution in [2.24, 2.45) is 0 Å². The molecule has 5 rings (SSSR count). The monoisotopic (exact) mass is 277 g/mol. The van der Waals surface area contributed by atoms with Crippen molar-refractivity contribution in [2.75, 3.05) is 6.79 Å². The van der Waals surface area contributed by atoms with E-state index in [9.17, 15) is 0 Å². The largest absolute Gasteiger partial charge is 0.454 e. The van der Waals surface area contributed by atoms with E-state index in [1.165, 1.54) is 5.56 Å². The van der Waals surface area contributed by atoms with Crippen LogP contribution in [0, 0.1) is 0 Å². The van der Waals surface area contributed by atoms with E-state index in [2.05, 4.69) is 22.2 Å². The fourth-order valence-corrected chi connectivity index (χ4v) is 2.85. The number of benzene rings is 2. The average molecular weight is 277 g/mol. The van der Waals surface area contributed by atoms with Crippen LogP contribution in [0.25, 0.3) is 22.8 Å². The lowest BCUT2D eigenvalue weighted by Crippen LogP contribution is -1.95. The van der Waals surface area contributed by atoms with Gasteiger partial charge in [0.25, 0.3) is 0 Å². The van der Waals surface area contributed by atoms with Gasteiger partial charge in [-0.2, -0.15) is 5.10 Å². The maximum absolute atomic E-state index is 5.41. The SMILES string of the molecule is c1ccc2c(c1)Cn1nc(-c3ccc4c(c3)OCO4)nc1-2. The van der Waals surface area contributed by atoms with Gasteiger partial charge in [0.05, 0.1) is 6.54 Å². The molecule has 2 aromatic carbocycles. The average Bonchev–Trinajstić information content (AvgIpc) is 3.19. The van der Waals surface area contributed by atoms with E-state index in [1.807, 2.05) is 35.0 Å². The second-order valence-corrected chi connectivity index (χ2v) is 5.14. The van der Waals surface area contributed by atoms with Gasteiger partial charge in [0.2, 0.25) is 6.79 Å². The minimum atomic E-state index is 0.277. The highest BCUT2D eigenvalue weighted by atomic mass is 16.7. The van der Waals surface area contributed by atoms with Gasteiger partial charge in [-0.3, -0.25) is 0 Å². The lowest BCUT2D eigenvalue weighted by atomic mass is 10.1. The van der Waals surface area contributed by atoms with E-state index < -0.39 is 0 Å². The number of nitrogens with zero attached hydrogens (tertiary/aromatic N) is 3. The Labute approximate surface area is 120 Å². The first-order valence-electron chi connectivity index (χ1n) is 6.82. The first-order valence-corrected chi connectivity index (χ1v) is 6.82. The van der Waals surface area contributed by atoms with Gasteiger partial charge >= 0.3 is 0 Å². The Kier molecular flexibility index (Phi) is 2.00. The Morgan fingerprint density at radius 1 is 1.00 bits per heavy atom. The predicted octanol–water partition coefficient (Wildman–Crippen LogP) is 2.70. The van der Waals surface area contributed by atoms with Crippen LogP contribution in [0.15, 0.2) is 42.5 Å². The molecule has 3 aromatic rings.